The highest BCUT2D eigenvalue weighted by atomic mass is 16.1. The minimum atomic E-state index is 0.279. The second-order valence-corrected chi connectivity index (χ2v) is 5.26. The summed E-state index contributed by atoms with van der Waals surface area (Å²) in [6.45, 7) is 0.744. The average molecular weight is 273 g/mol. The summed E-state index contributed by atoms with van der Waals surface area (Å²) >= 11 is 0. The Morgan fingerprint density at radius 3 is 2.75 bits per heavy atom. The van der Waals surface area contributed by atoms with E-state index in [0.29, 0.717) is 12.8 Å². The first-order valence-electron chi connectivity index (χ1n) is 7.34. The summed E-state index contributed by atoms with van der Waals surface area (Å²) < 4.78 is 1.85. The van der Waals surface area contributed by atoms with Crippen molar-refractivity contribution < 1.29 is 4.79 Å². The lowest BCUT2D eigenvalue weighted by Gasteiger charge is -2.00. The highest BCUT2D eigenvalue weighted by Crippen LogP contribution is 2.18. The Kier molecular flexibility index (Phi) is 5.30. The molecule has 1 aromatic carbocycles. The molecule has 0 saturated carbocycles. The lowest BCUT2D eigenvalue weighted by Crippen LogP contribution is -2.04. The number of hydrogen-bond acceptors (Lipinski definition) is 3. The average Bonchev–Trinajstić information content (AvgIpc) is 2.76. The first kappa shape index (κ1) is 14.7. The number of Topliss-reactive ketones (excluding diaryl/α,β-unsaturated/α-hetero) is 1. The van der Waals surface area contributed by atoms with Crippen LogP contribution in [0.5, 0.6) is 0 Å². The molecule has 0 fully saturated rings. The number of rotatable bonds is 8. The minimum absolute atomic E-state index is 0.279. The molecule has 1 heterocycles. The van der Waals surface area contributed by atoms with Crippen LogP contribution in [0.15, 0.2) is 24.3 Å². The Morgan fingerprint density at radius 1 is 1.20 bits per heavy atom. The molecule has 0 saturated heterocycles. The van der Waals surface area contributed by atoms with E-state index < -0.39 is 0 Å². The van der Waals surface area contributed by atoms with E-state index in [1.54, 1.807) is 0 Å². The third-order valence-electron chi connectivity index (χ3n) is 3.61. The van der Waals surface area contributed by atoms with Gasteiger partial charge in [-0.05, 0) is 25.5 Å². The maximum atomic E-state index is 12.0. The van der Waals surface area contributed by atoms with Crippen molar-refractivity contribution in [3.63, 3.8) is 0 Å². The van der Waals surface area contributed by atoms with E-state index in [4.69, 9.17) is 5.73 Å². The van der Waals surface area contributed by atoms with Crippen molar-refractivity contribution in [2.75, 3.05) is 6.54 Å². The second-order valence-electron chi connectivity index (χ2n) is 5.26. The van der Waals surface area contributed by atoms with Crippen molar-refractivity contribution in [1.29, 1.82) is 0 Å². The van der Waals surface area contributed by atoms with E-state index >= 15 is 0 Å². The van der Waals surface area contributed by atoms with Gasteiger partial charge in [-0.3, -0.25) is 9.48 Å². The number of carbonyl (C=O) groups excluding carboxylic acids is 1. The molecule has 2 rings (SSSR count). The number of para-hydroxylation sites is 1. The van der Waals surface area contributed by atoms with Crippen LogP contribution in [-0.2, 0) is 18.3 Å². The summed E-state index contributed by atoms with van der Waals surface area (Å²) in [5.74, 6) is 0.279. The van der Waals surface area contributed by atoms with Gasteiger partial charge in [-0.25, -0.2) is 0 Å². The van der Waals surface area contributed by atoms with Gasteiger partial charge in [0.2, 0.25) is 0 Å². The predicted octanol–water partition coefficient (Wildman–Crippen LogP) is 2.59. The van der Waals surface area contributed by atoms with Gasteiger partial charge in [0.05, 0.1) is 17.6 Å². The third-order valence-corrected chi connectivity index (χ3v) is 3.61. The summed E-state index contributed by atoms with van der Waals surface area (Å²) in [5, 5.41) is 5.56. The molecule has 4 heteroatoms. The van der Waals surface area contributed by atoms with Gasteiger partial charge in [0.1, 0.15) is 5.78 Å². The molecule has 108 valence electrons. The number of fused-ring (bicyclic) bond motifs is 1. The molecular weight excluding hydrogens is 250 g/mol. The second kappa shape index (κ2) is 7.20. The molecule has 0 radical (unpaired) electrons. The fraction of sp³-hybridized carbons (Fsp3) is 0.500. The summed E-state index contributed by atoms with van der Waals surface area (Å²) in [6.07, 6.45) is 5.32. The van der Waals surface area contributed by atoms with E-state index in [-0.39, 0.29) is 5.78 Å². The maximum Gasteiger partial charge on any atom is 0.138 e. The molecule has 0 aliphatic carbocycles. The van der Waals surface area contributed by atoms with Crippen LogP contribution >= 0.6 is 0 Å². The summed E-state index contributed by atoms with van der Waals surface area (Å²) in [7, 11) is 1.92. The lowest BCUT2D eigenvalue weighted by atomic mass is 10.1. The molecule has 0 unspecified atom stereocenters. The molecule has 0 atom stereocenters. The number of ketones is 1. The number of carbonyl (C=O) groups is 1. The normalized spacial score (nSPS) is 11.1. The zero-order chi connectivity index (χ0) is 14.4. The molecule has 2 aromatic rings. The highest BCUT2D eigenvalue weighted by molar-refractivity contribution is 5.88. The molecule has 0 amide bonds. The SMILES string of the molecule is Cn1nc(CC(=O)CCCCCCN)c2ccccc21. The van der Waals surface area contributed by atoms with Crippen LogP contribution in [0, 0.1) is 0 Å². The fourth-order valence-electron chi connectivity index (χ4n) is 2.51. The van der Waals surface area contributed by atoms with Crippen LogP contribution in [0.4, 0.5) is 0 Å². The van der Waals surface area contributed by atoms with Crippen molar-refractivity contribution in [2.45, 2.75) is 38.5 Å². The Hall–Kier alpha value is -1.68. The number of hydrogen-bond donors (Lipinski definition) is 1. The van der Waals surface area contributed by atoms with E-state index in [2.05, 4.69) is 5.10 Å². The fourth-order valence-corrected chi connectivity index (χ4v) is 2.51. The van der Waals surface area contributed by atoms with Crippen molar-refractivity contribution >= 4 is 16.7 Å². The zero-order valence-corrected chi connectivity index (χ0v) is 12.1. The molecule has 20 heavy (non-hydrogen) atoms. The molecule has 0 bridgehead atoms. The monoisotopic (exact) mass is 273 g/mol. The Bertz CT molecular complexity index is 574. The van der Waals surface area contributed by atoms with Gasteiger partial charge in [-0.1, -0.05) is 31.0 Å². The summed E-state index contributed by atoms with van der Waals surface area (Å²) in [4.78, 5) is 12.0. The first-order chi connectivity index (χ1) is 9.72. The molecule has 0 aliphatic heterocycles. The molecular formula is C16H23N3O. The number of unbranched alkanes of at least 4 members (excludes halogenated alkanes) is 3. The molecule has 1 aromatic heterocycles. The molecule has 0 spiro atoms. The molecule has 4 nitrogen and oxygen atoms in total. The van der Waals surface area contributed by atoms with Gasteiger partial charge in [0.15, 0.2) is 0 Å². The van der Waals surface area contributed by atoms with Crippen LogP contribution in [0.1, 0.15) is 37.8 Å². The van der Waals surface area contributed by atoms with Gasteiger partial charge in [-0.2, -0.15) is 5.10 Å². The topological polar surface area (TPSA) is 60.9 Å². The van der Waals surface area contributed by atoms with Crippen molar-refractivity contribution in [2.24, 2.45) is 12.8 Å². The number of aromatic nitrogens is 2. The zero-order valence-electron chi connectivity index (χ0n) is 12.1. The molecule has 0 aliphatic rings. The predicted molar refractivity (Wildman–Crippen MR) is 81.6 cm³/mol. The van der Waals surface area contributed by atoms with Crippen LogP contribution in [0.3, 0.4) is 0 Å². The van der Waals surface area contributed by atoms with Gasteiger partial charge < -0.3 is 5.73 Å². The lowest BCUT2D eigenvalue weighted by molar-refractivity contribution is -0.118. The van der Waals surface area contributed by atoms with Gasteiger partial charge in [0, 0.05) is 18.9 Å². The van der Waals surface area contributed by atoms with Gasteiger partial charge in [-0.15, -0.1) is 0 Å². The number of nitrogens with zero attached hydrogens (tertiary/aromatic N) is 2. The molecule has 2 N–H and O–H groups in total. The van der Waals surface area contributed by atoms with Crippen LogP contribution in [0.2, 0.25) is 0 Å². The Labute approximate surface area is 120 Å². The smallest absolute Gasteiger partial charge is 0.138 e. The summed E-state index contributed by atoms with van der Waals surface area (Å²) in [5.41, 5.74) is 7.43. The van der Waals surface area contributed by atoms with Gasteiger partial charge in [0.25, 0.3) is 0 Å². The number of nitrogens with two attached hydrogens (primary N) is 1. The van der Waals surface area contributed by atoms with Crippen molar-refractivity contribution in [3.05, 3.63) is 30.0 Å². The van der Waals surface area contributed by atoms with Gasteiger partial charge >= 0.3 is 0 Å². The Balaban J connectivity index is 1.90. The Morgan fingerprint density at radius 2 is 1.95 bits per heavy atom. The van der Waals surface area contributed by atoms with E-state index in [9.17, 15) is 4.79 Å². The van der Waals surface area contributed by atoms with E-state index in [0.717, 1.165) is 48.8 Å². The van der Waals surface area contributed by atoms with Crippen LogP contribution < -0.4 is 5.73 Å². The minimum Gasteiger partial charge on any atom is -0.330 e. The van der Waals surface area contributed by atoms with Crippen LogP contribution in [0.25, 0.3) is 10.9 Å². The first-order valence-corrected chi connectivity index (χ1v) is 7.34. The third kappa shape index (κ3) is 3.67. The van der Waals surface area contributed by atoms with E-state index in [1.165, 1.54) is 0 Å². The van der Waals surface area contributed by atoms with Crippen molar-refractivity contribution in [1.82, 2.24) is 9.78 Å². The number of benzene rings is 1. The number of aryl methyl sites for hydroxylation is 1. The highest BCUT2D eigenvalue weighted by Gasteiger charge is 2.11. The quantitative estimate of drug-likeness (QED) is 0.752. The maximum absolute atomic E-state index is 12.0. The van der Waals surface area contributed by atoms with Crippen LogP contribution in [-0.4, -0.2) is 22.1 Å². The van der Waals surface area contributed by atoms with E-state index in [1.807, 2.05) is 36.0 Å². The largest absolute Gasteiger partial charge is 0.330 e. The standard InChI is InChI=1S/C16H23N3O/c1-19-16-10-6-5-9-14(16)15(18-19)12-13(20)8-4-2-3-7-11-17/h5-6,9-10H,2-4,7-8,11-12,17H2,1H3. The summed E-state index contributed by atoms with van der Waals surface area (Å²) in [6, 6.07) is 8.05. The van der Waals surface area contributed by atoms with Crippen molar-refractivity contribution in [3.8, 4) is 0 Å².